The number of nitrogens with zero attached hydrogens (tertiary/aromatic N) is 2. The molecule has 2 atom stereocenters. The van der Waals surface area contributed by atoms with E-state index in [-0.39, 0.29) is 0 Å². The highest BCUT2D eigenvalue weighted by molar-refractivity contribution is 8.02. The smallest absolute Gasteiger partial charge is 0.349 e. The zero-order valence-electron chi connectivity index (χ0n) is 18.0. The van der Waals surface area contributed by atoms with Gasteiger partial charge in [-0.25, -0.2) is 9.59 Å². The minimum absolute atomic E-state index is 0.639. The standard InChI is InChI=1S/C25H21N3O4S/c1-31-22(29)21(26-16-10-4-3-5-11-16)25(23(30)32-2)28-27-24(33-25)19-14-8-6-12-17(19)18-13-7-9-15-20(18)24/h3-15,21,26H,1-2H3. The van der Waals surface area contributed by atoms with Crippen molar-refractivity contribution < 1.29 is 19.1 Å². The van der Waals surface area contributed by atoms with Crippen LogP contribution in [0.1, 0.15) is 11.1 Å². The van der Waals surface area contributed by atoms with Gasteiger partial charge in [0, 0.05) is 16.8 Å². The first-order valence-corrected chi connectivity index (χ1v) is 11.2. The van der Waals surface area contributed by atoms with Crippen molar-refractivity contribution in [1.29, 1.82) is 0 Å². The third-order valence-corrected chi connectivity index (χ3v) is 7.52. The fraction of sp³-hybridized carbons (Fsp3) is 0.200. The molecule has 1 aliphatic carbocycles. The van der Waals surface area contributed by atoms with Crippen LogP contribution >= 0.6 is 11.8 Å². The monoisotopic (exact) mass is 459 g/mol. The average molecular weight is 460 g/mol. The molecule has 0 radical (unpaired) electrons. The van der Waals surface area contributed by atoms with Crippen molar-refractivity contribution >= 4 is 29.4 Å². The number of anilines is 1. The Bertz CT molecular complexity index is 1220. The number of hydrogen-bond acceptors (Lipinski definition) is 8. The summed E-state index contributed by atoms with van der Waals surface area (Å²) in [5, 5.41) is 12.3. The van der Waals surface area contributed by atoms with Gasteiger partial charge in [-0.3, -0.25) is 0 Å². The number of hydrogen-bond donors (Lipinski definition) is 1. The summed E-state index contributed by atoms with van der Waals surface area (Å²) in [5.74, 6) is -1.33. The van der Waals surface area contributed by atoms with Crippen LogP contribution in [0.4, 0.5) is 5.69 Å². The maximum atomic E-state index is 13.3. The quantitative estimate of drug-likeness (QED) is 0.562. The lowest BCUT2D eigenvalue weighted by atomic mass is 10.1. The Balaban J connectivity index is 1.67. The van der Waals surface area contributed by atoms with E-state index in [2.05, 4.69) is 10.4 Å². The van der Waals surface area contributed by atoms with Crippen LogP contribution < -0.4 is 5.32 Å². The van der Waals surface area contributed by atoms with E-state index < -0.39 is 27.7 Å². The first-order valence-electron chi connectivity index (χ1n) is 10.4. The number of fused-ring (bicyclic) bond motifs is 5. The first kappa shape index (κ1) is 21.2. The van der Waals surface area contributed by atoms with Crippen LogP contribution in [0.2, 0.25) is 0 Å². The van der Waals surface area contributed by atoms with E-state index in [4.69, 9.17) is 14.6 Å². The molecule has 2 unspecified atom stereocenters. The van der Waals surface area contributed by atoms with Crippen LogP contribution in [-0.2, 0) is 23.9 Å². The van der Waals surface area contributed by atoms with Crippen molar-refractivity contribution in [2.45, 2.75) is 15.8 Å². The molecule has 0 saturated carbocycles. The average Bonchev–Trinajstić information content (AvgIpc) is 3.41. The zero-order chi connectivity index (χ0) is 23.1. The number of azo groups is 1. The summed E-state index contributed by atoms with van der Waals surface area (Å²) in [5.41, 5.74) is 4.50. The highest BCUT2D eigenvalue weighted by Crippen LogP contribution is 2.63. The molecule has 5 rings (SSSR count). The molecule has 1 spiro atoms. The number of benzene rings is 3. The van der Waals surface area contributed by atoms with Crippen LogP contribution in [0.15, 0.2) is 89.1 Å². The number of carbonyl (C=O) groups excluding carboxylic acids is 2. The van der Waals surface area contributed by atoms with Crippen molar-refractivity contribution in [2.75, 3.05) is 19.5 Å². The third kappa shape index (κ3) is 3.13. The van der Waals surface area contributed by atoms with Crippen molar-refractivity contribution in [3.8, 4) is 11.1 Å². The molecule has 3 aromatic carbocycles. The molecule has 1 N–H and O–H groups in total. The maximum absolute atomic E-state index is 13.3. The molecule has 0 saturated heterocycles. The molecule has 8 heteroatoms. The summed E-state index contributed by atoms with van der Waals surface area (Å²) in [7, 11) is 2.55. The van der Waals surface area contributed by atoms with Gasteiger partial charge in [0.1, 0.15) is 0 Å². The molecule has 1 aliphatic heterocycles. The van der Waals surface area contributed by atoms with Gasteiger partial charge >= 0.3 is 11.9 Å². The van der Waals surface area contributed by atoms with Gasteiger partial charge in [-0.2, -0.15) is 10.2 Å². The minimum Gasteiger partial charge on any atom is -0.467 e. The molecule has 0 amide bonds. The van der Waals surface area contributed by atoms with Gasteiger partial charge in [0.15, 0.2) is 10.9 Å². The largest absolute Gasteiger partial charge is 0.467 e. The summed E-state index contributed by atoms with van der Waals surface area (Å²) < 4.78 is 10.3. The zero-order valence-corrected chi connectivity index (χ0v) is 18.8. The van der Waals surface area contributed by atoms with Gasteiger partial charge in [-0.05, 0) is 23.3 Å². The van der Waals surface area contributed by atoms with Crippen LogP contribution in [0.3, 0.4) is 0 Å². The number of rotatable bonds is 5. The van der Waals surface area contributed by atoms with E-state index in [1.807, 2.05) is 66.7 Å². The van der Waals surface area contributed by atoms with E-state index >= 15 is 0 Å². The molecule has 0 bridgehead atoms. The predicted octanol–water partition coefficient (Wildman–Crippen LogP) is 4.59. The lowest BCUT2D eigenvalue weighted by Gasteiger charge is -2.32. The summed E-state index contributed by atoms with van der Waals surface area (Å²) in [6.07, 6.45) is 0. The van der Waals surface area contributed by atoms with Gasteiger partial charge in [0.05, 0.1) is 14.2 Å². The fourth-order valence-corrected chi connectivity index (χ4v) is 6.03. The first-order chi connectivity index (χ1) is 16.1. The maximum Gasteiger partial charge on any atom is 0.349 e. The Labute approximate surface area is 195 Å². The molecule has 1 heterocycles. The lowest BCUT2D eigenvalue weighted by Crippen LogP contribution is -2.54. The van der Waals surface area contributed by atoms with Crippen LogP contribution in [0.5, 0.6) is 0 Å². The molecule has 33 heavy (non-hydrogen) atoms. The fourth-order valence-electron chi connectivity index (χ4n) is 4.40. The van der Waals surface area contributed by atoms with Crippen LogP contribution in [0.25, 0.3) is 11.1 Å². The molecular weight excluding hydrogens is 438 g/mol. The number of ether oxygens (including phenoxy) is 2. The summed E-state index contributed by atoms with van der Waals surface area (Å²) in [4.78, 5) is 23.6. The Morgan fingerprint density at radius 1 is 0.818 bits per heavy atom. The van der Waals surface area contributed by atoms with Crippen molar-refractivity contribution in [3.05, 3.63) is 90.0 Å². The van der Waals surface area contributed by atoms with Gasteiger partial charge in [0.2, 0.25) is 0 Å². The number of methoxy groups -OCH3 is 2. The summed E-state index contributed by atoms with van der Waals surface area (Å²) in [6.45, 7) is 0. The predicted molar refractivity (Wildman–Crippen MR) is 126 cm³/mol. The number of carbonyl (C=O) groups is 2. The molecule has 2 aliphatic rings. The molecule has 7 nitrogen and oxygen atoms in total. The summed E-state index contributed by atoms with van der Waals surface area (Å²) in [6, 6.07) is 23.7. The normalized spacial score (nSPS) is 20.1. The molecular formula is C25H21N3O4S. The van der Waals surface area contributed by atoms with Gasteiger partial charge in [0.25, 0.3) is 4.87 Å². The molecule has 3 aromatic rings. The van der Waals surface area contributed by atoms with E-state index in [1.165, 1.54) is 26.0 Å². The van der Waals surface area contributed by atoms with Crippen LogP contribution in [0, 0.1) is 0 Å². The van der Waals surface area contributed by atoms with Gasteiger partial charge in [-0.15, -0.1) is 0 Å². The molecule has 0 fully saturated rings. The number of nitrogens with one attached hydrogen (secondary N) is 1. The molecule has 166 valence electrons. The lowest BCUT2D eigenvalue weighted by molar-refractivity contribution is -0.150. The number of para-hydroxylation sites is 1. The van der Waals surface area contributed by atoms with E-state index in [0.29, 0.717) is 5.69 Å². The topological polar surface area (TPSA) is 89.3 Å². The third-order valence-electron chi connectivity index (χ3n) is 5.91. The van der Waals surface area contributed by atoms with E-state index in [0.717, 1.165) is 22.3 Å². The van der Waals surface area contributed by atoms with Crippen molar-refractivity contribution in [1.82, 2.24) is 0 Å². The van der Waals surface area contributed by atoms with Gasteiger partial charge in [-0.1, -0.05) is 78.5 Å². The van der Waals surface area contributed by atoms with Crippen molar-refractivity contribution in [2.24, 2.45) is 10.2 Å². The summed E-state index contributed by atoms with van der Waals surface area (Å²) >= 11 is 1.19. The Morgan fingerprint density at radius 2 is 1.39 bits per heavy atom. The highest BCUT2D eigenvalue weighted by Gasteiger charge is 2.64. The Morgan fingerprint density at radius 3 is 1.97 bits per heavy atom. The van der Waals surface area contributed by atoms with Crippen molar-refractivity contribution in [3.63, 3.8) is 0 Å². The van der Waals surface area contributed by atoms with Crippen LogP contribution in [-0.4, -0.2) is 37.1 Å². The second-order valence-corrected chi connectivity index (χ2v) is 9.11. The number of esters is 2. The van der Waals surface area contributed by atoms with E-state index in [1.54, 1.807) is 12.1 Å². The van der Waals surface area contributed by atoms with E-state index in [9.17, 15) is 9.59 Å². The Kier molecular flexibility index (Phi) is 5.17. The SMILES string of the molecule is COC(=O)C(Nc1ccccc1)C1(C(=O)OC)N=NC2(S1)c1ccccc1-c1ccccc12. The Hall–Kier alpha value is -3.65. The highest BCUT2D eigenvalue weighted by atomic mass is 32.2. The minimum atomic E-state index is -1.71. The number of thioether (sulfide) groups is 1. The second-order valence-electron chi connectivity index (χ2n) is 7.69. The molecule has 0 aromatic heterocycles. The second kappa shape index (κ2) is 8.04. The van der Waals surface area contributed by atoms with Gasteiger partial charge < -0.3 is 14.8 Å².